The Kier molecular flexibility index (Phi) is 2.81. The highest BCUT2D eigenvalue weighted by Gasteiger charge is 2.05. The Morgan fingerprint density at radius 1 is 0.947 bits per heavy atom. The van der Waals surface area contributed by atoms with E-state index < -0.39 is 0 Å². The van der Waals surface area contributed by atoms with Crippen LogP contribution >= 0.6 is 0 Å². The first kappa shape index (κ1) is 11.6. The summed E-state index contributed by atoms with van der Waals surface area (Å²) >= 11 is 0. The summed E-state index contributed by atoms with van der Waals surface area (Å²) in [6.45, 7) is 0. The summed E-state index contributed by atoms with van der Waals surface area (Å²) < 4.78 is 12.9. The molecule has 0 aliphatic heterocycles. The van der Waals surface area contributed by atoms with Crippen LogP contribution in [-0.4, -0.2) is 9.97 Å². The Morgan fingerprint density at radius 3 is 2.42 bits per heavy atom. The first-order chi connectivity index (χ1) is 9.28. The molecule has 0 amide bonds. The van der Waals surface area contributed by atoms with Gasteiger partial charge in [-0.15, -0.1) is 0 Å². The second-order valence-corrected chi connectivity index (χ2v) is 4.11. The number of nitrogens with one attached hydrogen (secondary N) is 1. The molecule has 0 fully saturated rings. The Labute approximate surface area is 109 Å². The number of hydrogen-bond acceptors (Lipinski definition) is 4. The number of nitrogens with zero attached hydrogens (tertiary/aromatic N) is 2. The van der Waals surface area contributed by atoms with Crippen molar-refractivity contribution < 1.29 is 4.39 Å². The molecule has 2 aromatic carbocycles. The molecule has 3 N–H and O–H groups in total. The number of fused-ring (bicyclic) bond motifs is 1. The monoisotopic (exact) mass is 254 g/mol. The van der Waals surface area contributed by atoms with Crippen molar-refractivity contribution >= 4 is 16.7 Å². The Morgan fingerprint density at radius 2 is 1.68 bits per heavy atom. The fourth-order valence-corrected chi connectivity index (χ4v) is 1.99. The molecule has 0 unspecified atom stereocenters. The number of hydrogen-bond donors (Lipinski definition) is 2. The minimum absolute atomic E-state index is 0.253. The van der Waals surface area contributed by atoms with Crippen molar-refractivity contribution in [1.29, 1.82) is 0 Å². The smallest absolute Gasteiger partial charge is 0.151 e. The lowest BCUT2D eigenvalue weighted by atomic mass is 10.0. The van der Waals surface area contributed by atoms with E-state index in [1.165, 1.54) is 18.5 Å². The summed E-state index contributed by atoms with van der Waals surface area (Å²) in [5.74, 6) is 5.75. The second kappa shape index (κ2) is 4.62. The highest BCUT2D eigenvalue weighted by Crippen LogP contribution is 2.26. The van der Waals surface area contributed by atoms with Crippen LogP contribution in [0.5, 0.6) is 0 Å². The van der Waals surface area contributed by atoms with E-state index in [1.807, 2.05) is 18.2 Å². The molecule has 1 heterocycles. The minimum Gasteiger partial charge on any atom is -0.308 e. The van der Waals surface area contributed by atoms with E-state index in [9.17, 15) is 4.39 Å². The van der Waals surface area contributed by atoms with Gasteiger partial charge in [-0.1, -0.05) is 18.2 Å². The van der Waals surface area contributed by atoms with E-state index in [0.29, 0.717) is 5.82 Å². The van der Waals surface area contributed by atoms with Gasteiger partial charge < -0.3 is 5.43 Å². The van der Waals surface area contributed by atoms with Crippen molar-refractivity contribution in [3.8, 4) is 11.1 Å². The van der Waals surface area contributed by atoms with Crippen LogP contribution in [-0.2, 0) is 0 Å². The van der Waals surface area contributed by atoms with Gasteiger partial charge in [0.2, 0.25) is 0 Å². The van der Waals surface area contributed by atoms with Gasteiger partial charge in [-0.05, 0) is 35.4 Å². The summed E-state index contributed by atoms with van der Waals surface area (Å²) in [5.41, 5.74) is 5.23. The maximum atomic E-state index is 12.9. The fourth-order valence-electron chi connectivity index (χ4n) is 1.99. The van der Waals surface area contributed by atoms with Gasteiger partial charge in [-0.25, -0.2) is 20.2 Å². The van der Waals surface area contributed by atoms with Crippen LogP contribution in [0, 0.1) is 5.82 Å². The third-order valence-corrected chi connectivity index (χ3v) is 2.95. The normalized spacial score (nSPS) is 10.6. The molecule has 4 nitrogen and oxygen atoms in total. The summed E-state index contributed by atoms with van der Waals surface area (Å²) in [7, 11) is 0. The van der Waals surface area contributed by atoms with Crippen molar-refractivity contribution in [2.75, 3.05) is 5.43 Å². The van der Waals surface area contributed by atoms with Gasteiger partial charge >= 0.3 is 0 Å². The zero-order valence-corrected chi connectivity index (χ0v) is 9.97. The van der Waals surface area contributed by atoms with Crippen molar-refractivity contribution in [2.45, 2.75) is 0 Å². The summed E-state index contributed by atoms with van der Waals surface area (Å²) in [5, 5.41) is 0.826. The van der Waals surface area contributed by atoms with Crippen molar-refractivity contribution in [3.05, 3.63) is 54.6 Å². The van der Waals surface area contributed by atoms with Gasteiger partial charge in [0.25, 0.3) is 0 Å². The molecule has 3 aromatic rings. The summed E-state index contributed by atoms with van der Waals surface area (Å²) in [6.07, 6.45) is 1.45. The number of anilines is 1. The lowest BCUT2D eigenvalue weighted by Crippen LogP contribution is -2.09. The fraction of sp³-hybridized carbons (Fsp3) is 0. The van der Waals surface area contributed by atoms with Gasteiger partial charge in [0.05, 0.1) is 5.52 Å². The average molecular weight is 254 g/mol. The van der Waals surface area contributed by atoms with E-state index in [-0.39, 0.29) is 5.82 Å². The standard InChI is InChI=1S/C14H11FN4/c15-11-4-1-9(2-5-11)10-3-6-13-12(7-10)14(19-16)18-8-17-13/h1-8H,16H2,(H,17,18,19). The summed E-state index contributed by atoms with van der Waals surface area (Å²) in [6, 6.07) is 12.1. The van der Waals surface area contributed by atoms with Gasteiger partial charge in [-0.2, -0.15) is 0 Å². The third kappa shape index (κ3) is 2.11. The van der Waals surface area contributed by atoms with Gasteiger partial charge in [0.1, 0.15) is 12.1 Å². The Balaban J connectivity index is 2.18. The largest absolute Gasteiger partial charge is 0.308 e. The minimum atomic E-state index is -0.253. The van der Waals surface area contributed by atoms with Crippen molar-refractivity contribution in [2.24, 2.45) is 5.84 Å². The lowest BCUT2D eigenvalue weighted by Gasteiger charge is -2.06. The first-order valence-electron chi connectivity index (χ1n) is 5.75. The highest BCUT2D eigenvalue weighted by atomic mass is 19.1. The number of halogens is 1. The van der Waals surface area contributed by atoms with E-state index in [1.54, 1.807) is 12.1 Å². The van der Waals surface area contributed by atoms with Crippen molar-refractivity contribution in [3.63, 3.8) is 0 Å². The van der Waals surface area contributed by atoms with Gasteiger partial charge in [-0.3, -0.25) is 0 Å². The van der Waals surface area contributed by atoms with Crippen molar-refractivity contribution in [1.82, 2.24) is 9.97 Å². The molecule has 1 aromatic heterocycles. The van der Waals surface area contributed by atoms with Gasteiger partial charge in [0, 0.05) is 5.39 Å². The number of benzene rings is 2. The molecule has 0 aliphatic rings. The quantitative estimate of drug-likeness (QED) is 0.545. The second-order valence-electron chi connectivity index (χ2n) is 4.11. The maximum absolute atomic E-state index is 12.9. The maximum Gasteiger partial charge on any atom is 0.151 e. The zero-order chi connectivity index (χ0) is 13.2. The number of nitrogen functional groups attached to an aromatic ring is 1. The molecule has 0 atom stereocenters. The van der Waals surface area contributed by atoms with Crippen LogP contribution in [0.1, 0.15) is 0 Å². The number of nitrogens with two attached hydrogens (primary N) is 1. The molecule has 19 heavy (non-hydrogen) atoms. The molecular weight excluding hydrogens is 243 g/mol. The van der Waals surface area contributed by atoms with Crippen LogP contribution in [0.2, 0.25) is 0 Å². The first-order valence-corrected chi connectivity index (χ1v) is 5.75. The molecule has 5 heteroatoms. The predicted molar refractivity (Wildman–Crippen MR) is 72.7 cm³/mol. The van der Waals surface area contributed by atoms with Crippen LogP contribution in [0.25, 0.3) is 22.0 Å². The predicted octanol–water partition coefficient (Wildman–Crippen LogP) is 2.72. The molecule has 0 spiro atoms. The molecule has 0 bridgehead atoms. The molecule has 0 radical (unpaired) electrons. The summed E-state index contributed by atoms with van der Waals surface area (Å²) in [4.78, 5) is 8.24. The number of rotatable bonds is 2. The van der Waals surface area contributed by atoms with E-state index in [2.05, 4.69) is 15.4 Å². The van der Waals surface area contributed by atoms with Crippen LogP contribution in [0.3, 0.4) is 0 Å². The van der Waals surface area contributed by atoms with Crippen LogP contribution < -0.4 is 11.3 Å². The average Bonchev–Trinajstić information content (AvgIpc) is 2.47. The number of aromatic nitrogens is 2. The molecule has 0 saturated heterocycles. The van der Waals surface area contributed by atoms with E-state index >= 15 is 0 Å². The Bertz CT molecular complexity index is 725. The topological polar surface area (TPSA) is 63.8 Å². The molecule has 94 valence electrons. The molecule has 0 saturated carbocycles. The van der Waals surface area contributed by atoms with Crippen LogP contribution in [0.15, 0.2) is 48.8 Å². The van der Waals surface area contributed by atoms with Crippen LogP contribution in [0.4, 0.5) is 10.2 Å². The molecular formula is C14H11FN4. The highest BCUT2D eigenvalue weighted by molar-refractivity contribution is 5.92. The van der Waals surface area contributed by atoms with E-state index in [0.717, 1.165) is 22.0 Å². The lowest BCUT2D eigenvalue weighted by molar-refractivity contribution is 0.628. The Hall–Kier alpha value is -2.53. The molecule has 3 rings (SSSR count). The van der Waals surface area contributed by atoms with Gasteiger partial charge in [0.15, 0.2) is 5.82 Å². The SMILES string of the molecule is NNc1ncnc2ccc(-c3ccc(F)cc3)cc12. The zero-order valence-electron chi connectivity index (χ0n) is 9.97. The van der Waals surface area contributed by atoms with E-state index in [4.69, 9.17) is 5.84 Å². The number of hydrazine groups is 1. The third-order valence-electron chi connectivity index (χ3n) is 2.95. The molecule has 0 aliphatic carbocycles.